The Bertz CT molecular complexity index is 565. The van der Waals surface area contributed by atoms with E-state index in [-0.39, 0.29) is 0 Å². The Balaban J connectivity index is 2.05. The second kappa shape index (κ2) is 3.62. The molecule has 1 heterocycles. The Morgan fingerprint density at radius 2 is 2.00 bits per heavy atom. The molecule has 0 saturated heterocycles. The average Bonchev–Trinajstić information content (AvgIpc) is 3.07. The van der Waals surface area contributed by atoms with Crippen molar-refractivity contribution in [3.05, 3.63) is 35.7 Å². The van der Waals surface area contributed by atoms with Crippen LogP contribution in [0.1, 0.15) is 30.0 Å². The first-order valence-electron chi connectivity index (χ1n) is 6.07. The number of hydrogen-bond acceptors (Lipinski definition) is 2. The SMILES string of the molecule is Cc1ccc(-c2ncn(C3CC3)c2N)cc1C. The fourth-order valence-corrected chi connectivity index (χ4v) is 2.13. The maximum atomic E-state index is 6.16. The van der Waals surface area contributed by atoms with Gasteiger partial charge in [-0.05, 0) is 43.9 Å². The monoisotopic (exact) mass is 227 g/mol. The highest BCUT2D eigenvalue weighted by Crippen LogP contribution is 2.39. The summed E-state index contributed by atoms with van der Waals surface area (Å²) in [5.41, 5.74) is 10.8. The van der Waals surface area contributed by atoms with Crippen LogP contribution in [-0.4, -0.2) is 9.55 Å². The van der Waals surface area contributed by atoms with Crippen LogP contribution in [0, 0.1) is 13.8 Å². The van der Waals surface area contributed by atoms with Gasteiger partial charge in [-0.15, -0.1) is 0 Å². The standard InChI is InChI=1S/C14H17N3/c1-9-3-4-11(7-10(9)2)13-14(15)17(8-16-13)12-5-6-12/h3-4,7-8,12H,5-6,15H2,1-2H3. The Kier molecular flexibility index (Phi) is 2.21. The minimum Gasteiger partial charge on any atom is -0.383 e. The Hall–Kier alpha value is -1.77. The number of aromatic nitrogens is 2. The molecule has 2 aromatic rings. The summed E-state index contributed by atoms with van der Waals surface area (Å²) in [5, 5.41) is 0. The second-order valence-electron chi connectivity index (χ2n) is 4.92. The Labute approximate surface area is 101 Å². The number of aryl methyl sites for hydroxylation is 2. The van der Waals surface area contributed by atoms with Gasteiger partial charge in [0, 0.05) is 11.6 Å². The smallest absolute Gasteiger partial charge is 0.131 e. The predicted octanol–water partition coefficient (Wildman–Crippen LogP) is 3.08. The summed E-state index contributed by atoms with van der Waals surface area (Å²) in [6, 6.07) is 6.96. The zero-order valence-electron chi connectivity index (χ0n) is 10.3. The molecule has 1 aliphatic rings. The van der Waals surface area contributed by atoms with Gasteiger partial charge in [0.25, 0.3) is 0 Å². The van der Waals surface area contributed by atoms with Gasteiger partial charge in [0.2, 0.25) is 0 Å². The van der Waals surface area contributed by atoms with Gasteiger partial charge < -0.3 is 10.3 Å². The first-order valence-corrected chi connectivity index (χ1v) is 6.07. The van der Waals surface area contributed by atoms with Crippen molar-refractivity contribution in [3.63, 3.8) is 0 Å². The molecule has 0 bridgehead atoms. The lowest BCUT2D eigenvalue weighted by Crippen LogP contribution is -1.99. The van der Waals surface area contributed by atoms with Gasteiger partial charge >= 0.3 is 0 Å². The summed E-state index contributed by atoms with van der Waals surface area (Å²) in [6.45, 7) is 4.23. The molecule has 3 nitrogen and oxygen atoms in total. The number of anilines is 1. The molecule has 1 aromatic carbocycles. The number of nitrogens with two attached hydrogens (primary N) is 1. The van der Waals surface area contributed by atoms with Crippen molar-refractivity contribution < 1.29 is 0 Å². The number of imidazole rings is 1. The summed E-state index contributed by atoms with van der Waals surface area (Å²) in [4.78, 5) is 4.46. The topological polar surface area (TPSA) is 43.8 Å². The number of hydrogen-bond donors (Lipinski definition) is 1. The zero-order chi connectivity index (χ0) is 12.0. The third kappa shape index (κ3) is 1.71. The van der Waals surface area contributed by atoms with Crippen molar-refractivity contribution >= 4 is 5.82 Å². The van der Waals surface area contributed by atoms with E-state index in [0.29, 0.717) is 6.04 Å². The lowest BCUT2D eigenvalue weighted by Gasteiger charge is -2.05. The summed E-state index contributed by atoms with van der Waals surface area (Å²) < 4.78 is 2.10. The molecule has 17 heavy (non-hydrogen) atoms. The van der Waals surface area contributed by atoms with Crippen LogP contribution in [0.15, 0.2) is 24.5 Å². The van der Waals surface area contributed by atoms with Gasteiger partial charge in [0.05, 0.1) is 6.33 Å². The molecular weight excluding hydrogens is 210 g/mol. The highest BCUT2D eigenvalue weighted by Gasteiger charge is 2.26. The van der Waals surface area contributed by atoms with Crippen molar-refractivity contribution in [1.29, 1.82) is 0 Å². The number of rotatable bonds is 2. The molecule has 1 fully saturated rings. The van der Waals surface area contributed by atoms with Crippen LogP contribution in [0.2, 0.25) is 0 Å². The minimum atomic E-state index is 0.586. The van der Waals surface area contributed by atoms with E-state index in [1.165, 1.54) is 24.0 Å². The van der Waals surface area contributed by atoms with E-state index in [1.54, 1.807) is 0 Å². The van der Waals surface area contributed by atoms with E-state index in [4.69, 9.17) is 5.73 Å². The molecule has 0 spiro atoms. The van der Waals surface area contributed by atoms with Crippen molar-refractivity contribution in [1.82, 2.24) is 9.55 Å². The lowest BCUT2D eigenvalue weighted by molar-refractivity contribution is 0.751. The van der Waals surface area contributed by atoms with E-state index < -0.39 is 0 Å². The molecule has 0 aliphatic heterocycles. The van der Waals surface area contributed by atoms with Crippen LogP contribution in [0.3, 0.4) is 0 Å². The molecular formula is C14H17N3. The molecule has 0 unspecified atom stereocenters. The molecule has 1 aliphatic carbocycles. The summed E-state index contributed by atoms with van der Waals surface area (Å²) in [5.74, 6) is 0.802. The van der Waals surface area contributed by atoms with Gasteiger partial charge in [-0.1, -0.05) is 12.1 Å². The molecule has 3 heteroatoms. The third-order valence-corrected chi connectivity index (χ3v) is 3.55. The highest BCUT2D eigenvalue weighted by molar-refractivity contribution is 5.71. The van der Waals surface area contributed by atoms with Gasteiger partial charge in [-0.3, -0.25) is 0 Å². The predicted molar refractivity (Wildman–Crippen MR) is 69.8 cm³/mol. The number of nitrogen functional groups attached to an aromatic ring is 1. The van der Waals surface area contributed by atoms with E-state index in [0.717, 1.165) is 17.1 Å². The molecule has 3 rings (SSSR count). The van der Waals surface area contributed by atoms with Crippen molar-refractivity contribution in [2.75, 3.05) is 5.73 Å². The van der Waals surface area contributed by atoms with E-state index in [9.17, 15) is 0 Å². The van der Waals surface area contributed by atoms with Gasteiger partial charge in [-0.25, -0.2) is 4.98 Å². The summed E-state index contributed by atoms with van der Waals surface area (Å²) in [7, 11) is 0. The van der Waals surface area contributed by atoms with Crippen LogP contribution < -0.4 is 5.73 Å². The maximum Gasteiger partial charge on any atom is 0.131 e. The summed E-state index contributed by atoms with van der Waals surface area (Å²) in [6.07, 6.45) is 4.33. The minimum absolute atomic E-state index is 0.586. The highest BCUT2D eigenvalue weighted by atomic mass is 15.2. The van der Waals surface area contributed by atoms with Crippen molar-refractivity contribution in [3.8, 4) is 11.3 Å². The molecule has 2 N–H and O–H groups in total. The molecule has 1 aromatic heterocycles. The first kappa shape index (κ1) is 10.4. The largest absolute Gasteiger partial charge is 0.383 e. The van der Waals surface area contributed by atoms with Crippen LogP contribution in [0.4, 0.5) is 5.82 Å². The third-order valence-electron chi connectivity index (χ3n) is 3.55. The number of nitrogens with zero attached hydrogens (tertiary/aromatic N) is 2. The van der Waals surface area contributed by atoms with Crippen LogP contribution >= 0.6 is 0 Å². The molecule has 0 atom stereocenters. The quantitative estimate of drug-likeness (QED) is 0.856. The fraction of sp³-hybridized carbons (Fsp3) is 0.357. The second-order valence-corrected chi connectivity index (χ2v) is 4.92. The molecule has 88 valence electrons. The molecule has 0 radical (unpaired) electrons. The van der Waals surface area contributed by atoms with Gasteiger partial charge in [0.15, 0.2) is 0 Å². The molecule has 1 saturated carbocycles. The van der Waals surface area contributed by atoms with Crippen LogP contribution in [0.5, 0.6) is 0 Å². The number of benzene rings is 1. The maximum absolute atomic E-state index is 6.16. The van der Waals surface area contributed by atoms with Crippen LogP contribution in [-0.2, 0) is 0 Å². The Morgan fingerprint density at radius 1 is 1.24 bits per heavy atom. The lowest BCUT2D eigenvalue weighted by atomic mass is 10.0. The zero-order valence-corrected chi connectivity index (χ0v) is 10.3. The van der Waals surface area contributed by atoms with Crippen LogP contribution in [0.25, 0.3) is 11.3 Å². The van der Waals surface area contributed by atoms with Gasteiger partial charge in [0.1, 0.15) is 11.5 Å². The van der Waals surface area contributed by atoms with E-state index in [2.05, 4.69) is 41.6 Å². The fourth-order valence-electron chi connectivity index (χ4n) is 2.13. The van der Waals surface area contributed by atoms with Crippen molar-refractivity contribution in [2.45, 2.75) is 32.7 Å². The summed E-state index contributed by atoms with van der Waals surface area (Å²) >= 11 is 0. The normalized spacial score (nSPS) is 15.2. The molecule has 0 amide bonds. The average molecular weight is 227 g/mol. The Morgan fingerprint density at radius 3 is 2.65 bits per heavy atom. The first-order chi connectivity index (χ1) is 8.16. The van der Waals surface area contributed by atoms with Gasteiger partial charge in [-0.2, -0.15) is 0 Å². The van der Waals surface area contributed by atoms with Crippen molar-refractivity contribution in [2.24, 2.45) is 0 Å². The van der Waals surface area contributed by atoms with E-state index in [1.807, 2.05) is 6.33 Å². The van der Waals surface area contributed by atoms with E-state index >= 15 is 0 Å².